The van der Waals surface area contributed by atoms with Gasteiger partial charge in [-0.05, 0) is 11.6 Å². The molecule has 0 saturated heterocycles. The summed E-state index contributed by atoms with van der Waals surface area (Å²) in [6, 6.07) is 7.67. The number of aliphatic hydroxyl groups excluding tert-OH is 2. The predicted octanol–water partition coefficient (Wildman–Crippen LogP) is 2.62. The van der Waals surface area contributed by atoms with E-state index in [1.165, 1.54) is 0 Å². The molecule has 3 rings (SSSR count). The van der Waals surface area contributed by atoms with Gasteiger partial charge in [-0.2, -0.15) is 0 Å². The van der Waals surface area contributed by atoms with Gasteiger partial charge in [0.2, 0.25) is 0 Å². The number of thiazole rings is 1. The molecular formula is C15H15BrN2O2S. The van der Waals surface area contributed by atoms with Gasteiger partial charge in [0.15, 0.2) is 4.96 Å². The summed E-state index contributed by atoms with van der Waals surface area (Å²) in [6.07, 6.45) is 4.38. The second-order valence-corrected chi connectivity index (χ2v) is 6.81. The van der Waals surface area contributed by atoms with Gasteiger partial charge in [0, 0.05) is 34.1 Å². The van der Waals surface area contributed by atoms with E-state index in [1.54, 1.807) is 11.3 Å². The summed E-state index contributed by atoms with van der Waals surface area (Å²) in [5, 5.41) is 21.8. The number of hydrogen-bond acceptors (Lipinski definition) is 4. The Labute approximate surface area is 134 Å². The van der Waals surface area contributed by atoms with Crippen LogP contribution in [0.1, 0.15) is 11.3 Å². The van der Waals surface area contributed by atoms with Crippen molar-refractivity contribution >= 4 is 32.2 Å². The number of fused-ring (bicyclic) bond motifs is 1. The number of halogens is 1. The molecule has 0 atom stereocenters. The molecule has 1 aromatic carbocycles. The van der Waals surface area contributed by atoms with Crippen LogP contribution in [0, 0.1) is 0 Å². The maximum atomic E-state index is 9.93. The lowest BCUT2D eigenvalue weighted by Gasteiger charge is -2.30. The summed E-state index contributed by atoms with van der Waals surface area (Å²) in [4.78, 5) is 5.47. The quantitative estimate of drug-likeness (QED) is 0.729. The fraction of sp³-hybridized carbons (Fsp3) is 0.267. The zero-order chi connectivity index (χ0) is 14.9. The lowest BCUT2D eigenvalue weighted by molar-refractivity contribution is 0.115. The molecule has 0 saturated carbocycles. The number of aliphatic hydroxyl groups is 2. The maximum absolute atomic E-state index is 9.93. The average Bonchev–Trinajstić information content (AvgIpc) is 3.07. The summed E-state index contributed by atoms with van der Waals surface area (Å²) < 4.78 is 2.84. The Morgan fingerprint density at radius 3 is 2.67 bits per heavy atom. The average molecular weight is 367 g/mol. The molecular weight excluding hydrogens is 352 g/mol. The zero-order valence-corrected chi connectivity index (χ0v) is 13.6. The minimum absolute atomic E-state index is 0.142. The number of nitrogens with zero attached hydrogens (tertiary/aromatic N) is 2. The van der Waals surface area contributed by atoms with Crippen molar-refractivity contribution in [2.24, 2.45) is 0 Å². The highest BCUT2D eigenvalue weighted by molar-refractivity contribution is 9.10. The highest BCUT2D eigenvalue weighted by Gasteiger charge is 2.34. The molecule has 21 heavy (non-hydrogen) atoms. The van der Waals surface area contributed by atoms with Crippen molar-refractivity contribution in [1.29, 1.82) is 0 Å². The minimum Gasteiger partial charge on any atom is -0.395 e. The molecule has 0 radical (unpaired) electrons. The first-order valence-corrected chi connectivity index (χ1v) is 8.23. The van der Waals surface area contributed by atoms with Gasteiger partial charge in [-0.3, -0.25) is 4.40 Å². The number of benzene rings is 1. The molecule has 2 heterocycles. The first-order valence-electron chi connectivity index (χ1n) is 6.56. The molecule has 110 valence electrons. The number of hydrogen-bond donors (Lipinski definition) is 2. The third kappa shape index (κ3) is 2.64. The van der Waals surface area contributed by atoms with Crippen LogP contribution in [0.15, 0.2) is 46.5 Å². The van der Waals surface area contributed by atoms with E-state index in [4.69, 9.17) is 0 Å². The molecule has 0 aliphatic rings. The van der Waals surface area contributed by atoms with Crippen LogP contribution in [0.4, 0.5) is 0 Å². The smallest absolute Gasteiger partial charge is 0.193 e. The van der Waals surface area contributed by atoms with Crippen molar-refractivity contribution in [2.45, 2.75) is 11.8 Å². The van der Waals surface area contributed by atoms with Gasteiger partial charge in [-0.1, -0.05) is 34.1 Å². The van der Waals surface area contributed by atoms with E-state index in [9.17, 15) is 10.2 Å². The van der Waals surface area contributed by atoms with Gasteiger partial charge in [-0.15, -0.1) is 11.3 Å². The van der Waals surface area contributed by atoms with Crippen molar-refractivity contribution in [3.05, 3.63) is 57.8 Å². The molecule has 4 nitrogen and oxygen atoms in total. The molecule has 0 spiro atoms. The molecule has 0 unspecified atom stereocenters. The van der Waals surface area contributed by atoms with Crippen molar-refractivity contribution < 1.29 is 10.2 Å². The molecule has 2 aromatic heterocycles. The lowest BCUT2D eigenvalue weighted by Crippen LogP contribution is -2.37. The summed E-state index contributed by atoms with van der Waals surface area (Å²) >= 11 is 5.07. The third-order valence-electron chi connectivity index (χ3n) is 3.71. The van der Waals surface area contributed by atoms with E-state index in [1.807, 2.05) is 46.4 Å². The summed E-state index contributed by atoms with van der Waals surface area (Å²) in [5.74, 6) is 0. The standard InChI is InChI=1S/C15H15BrN2O2S/c16-13-4-2-1-3-12(13)15(9-19,10-20)7-11-8-18-5-6-21-14(18)17-11/h1-6,8,19-20H,7,9-10H2. The normalized spacial score (nSPS) is 12.1. The first kappa shape index (κ1) is 14.7. The van der Waals surface area contributed by atoms with Crippen molar-refractivity contribution in [3.8, 4) is 0 Å². The monoisotopic (exact) mass is 366 g/mol. The van der Waals surface area contributed by atoms with Gasteiger partial charge < -0.3 is 10.2 Å². The fourth-order valence-corrected chi connectivity index (χ4v) is 3.95. The molecule has 2 N–H and O–H groups in total. The zero-order valence-electron chi connectivity index (χ0n) is 11.2. The maximum Gasteiger partial charge on any atom is 0.193 e. The van der Waals surface area contributed by atoms with E-state index in [-0.39, 0.29) is 13.2 Å². The van der Waals surface area contributed by atoms with Crippen LogP contribution >= 0.6 is 27.3 Å². The van der Waals surface area contributed by atoms with Crippen molar-refractivity contribution in [2.75, 3.05) is 13.2 Å². The van der Waals surface area contributed by atoms with Crippen LogP contribution in [-0.4, -0.2) is 32.8 Å². The van der Waals surface area contributed by atoms with E-state index in [0.29, 0.717) is 6.42 Å². The van der Waals surface area contributed by atoms with Gasteiger partial charge in [0.05, 0.1) is 18.9 Å². The molecule has 3 aromatic rings. The molecule has 0 amide bonds. The molecule has 0 aliphatic carbocycles. The van der Waals surface area contributed by atoms with Gasteiger partial charge in [-0.25, -0.2) is 4.98 Å². The van der Waals surface area contributed by atoms with E-state index in [0.717, 1.165) is 20.7 Å². The molecule has 0 bridgehead atoms. The van der Waals surface area contributed by atoms with E-state index in [2.05, 4.69) is 20.9 Å². The summed E-state index contributed by atoms with van der Waals surface area (Å²) in [7, 11) is 0. The Bertz CT molecular complexity index is 720. The van der Waals surface area contributed by atoms with Gasteiger partial charge in [0.25, 0.3) is 0 Å². The molecule has 0 aliphatic heterocycles. The second kappa shape index (κ2) is 5.88. The van der Waals surface area contributed by atoms with Crippen molar-refractivity contribution in [3.63, 3.8) is 0 Å². The number of aromatic nitrogens is 2. The topological polar surface area (TPSA) is 57.8 Å². The van der Waals surface area contributed by atoms with E-state index < -0.39 is 5.41 Å². The first-order chi connectivity index (χ1) is 10.2. The number of rotatable bonds is 5. The summed E-state index contributed by atoms with van der Waals surface area (Å²) in [5.41, 5.74) is 1.01. The van der Waals surface area contributed by atoms with Crippen LogP contribution in [0.3, 0.4) is 0 Å². The summed E-state index contributed by atoms with van der Waals surface area (Å²) in [6.45, 7) is -0.283. The van der Waals surface area contributed by atoms with Crippen LogP contribution in [0.25, 0.3) is 4.96 Å². The van der Waals surface area contributed by atoms with Crippen LogP contribution < -0.4 is 0 Å². The third-order valence-corrected chi connectivity index (χ3v) is 5.18. The second-order valence-electron chi connectivity index (χ2n) is 5.08. The lowest BCUT2D eigenvalue weighted by atomic mass is 9.78. The highest BCUT2D eigenvalue weighted by atomic mass is 79.9. The van der Waals surface area contributed by atoms with Crippen molar-refractivity contribution in [1.82, 2.24) is 9.38 Å². The van der Waals surface area contributed by atoms with Gasteiger partial charge >= 0.3 is 0 Å². The highest BCUT2D eigenvalue weighted by Crippen LogP contribution is 2.33. The van der Waals surface area contributed by atoms with E-state index >= 15 is 0 Å². The predicted molar refractivity (Wildman–Crippen MR) is 86.8 cm³/mol. The Balaban J connectivity index is 2.01. The molecule has 6 heteroatoms. The Morgan fingerprint density at radius 1 is 1.24 bits per heavy atom. The SMILES string of the molecule is OCC(CO)(Cc1cn2ccsc2n1)c1ccccc1Br. The Kier molecular flexibility index (Phi) is 4.12. The van der Waals surface area contributed by atoms with Crippen LogP contribution in [0.5, 0.6) is 0 Å². The number of imidazole rings is 1. The Morgan fingerprint density at radius 2 is 2.00 bits per heavy atom. The minimum atomic E-state index is -0.746. The molecule has 0 fully saturated rings. The largest absolute Gasteiger partial charge is 0.395 e. The Hall–Kier alpha value is -1.21. The van der Waals surface area contributed by atoms with Gasteiger partial charge in [0.1, 0.15) is 0 Å². The fourth-order valence-electron chi connectivity index (χ4n) is 2.53. The van der Waals surface area contributed by atoms with Crippen LogP contribution in [-0.2, 0) is 11.8 Å². The van der Waals surface area contributed by atoms with Crippen LogP contribution in [0.2, 0.25) is 0 Å².